The van der Waals surface area contributed by atoms with Crippen molar-refractivity contribution < 1.29 is 14.7 Å². The molecule has 92 valence electrons. The Morgan fingerprint density at radius 3 is 2.69 bits per heavy atom. The molecule has 0 radical (unpaired) electrons. The molecule has 16 heavy (non-hydrogen) atoms. The number of hydrogen-bond acceptors (Lipinski definition) is 3. The second-order valence-corrected chi connectivity index (χ2v) is 4.85. The standard InChI is InChI=1S/C12H21NO3/c1-7-4-5-9(14)11(7)12(16)8(2)6-10(15)13-3/h7-8,11-12,16H,4-6H2,1-3H3,(H,13,15)/t7?,8-,11-,12?/m1/s1. The fourth-order valence-electron chi connectivity index (χ4n) is 2.43. The third kappa shape index (κ3) is 2.82. The van der Waals surface area contributed by atoms with Gasteiger partial charge in [-0.15, -0.1) is 0 Å². The average molecular weight is 227 g/mol. The number of rotatable bonds is 4. The van der Waals surface area contributed by atoms with Crippen molar-refractivity contribution >= 4 is 11.7 Å². The lowest BCUT2D eigenvalue weighted by atomic mass is 9.83. The molecule has 0 aromatic heterocycles. The number of Topliss-reactive ketones (excluding diaryl/α,β-unsaturated/α-hetero) is 1. The van der Waals surface area contributed by atoms with Crippen molar-refractivity contribution in [3.63, 3.8) is 0 Å². The summed E-state index contributed by atoms with van der Waals surface area (Å²) in [5.41, 5.74) is 0. The Labute approximate surface area is 96.4 Å². The maximum absolute atomic E-state index is 11.6. The molecule has 4 heteroatoms. The van der Waals surface area contributed by atoms with Crippen molar-refractivity contribution in [1.82, 2.24) is 5.32 Å². The predicted molar refractivity (Wildman–Crippen MR) is 60.7 cm³/mol. The molecule has 2 unspecified atom stereocenters. The summed E-state index contributed by atoms with van der Waals surface area (Å²) in [6.45, 7) is 3.81. The summed E-state index contributed by atoms with van der Waals surface area (Å²) in [6.07, 6.45) is 0.999. The molecule has 0 aromatic rings. The highest BCUT2D eigenvalue weighted by Gasteiger charge is 2.39. The van der Waals surface area contributed by atoms with Gasteiger partial charge in [0.15, 0.2) is 0 Å². The lowest BCUT2D eigenvalue weighted by Gasteiger charge is -2.26. The van der Waals surface area contributed by atoms with Crippen LogP contribution in [0.4, 0.5) is 0 Å². The molecule has 1 fully saturated rings. The summed E-state index contributed by atoms with van der Waals surface area (Å²) < 4.78 is 0. The number of aliphatic hydroxyl groups excluding tert-OH is 1. The number of aliphatic hydroxyl groups is 1. The third-order valence-electron chi connectivity index (χ3n) is 3.57. The van der Waals surface area contributed by atoms with Crippen LogP contribution in [0.1, 0.15) is 33.1 Å². The Kier molecular flexibility index (Phi) is 4.47. The van der Waals surface area contributed by atoms with E-state index in [1.807, 2.05) is 13.8 Å². The largest absolute Gasteiger partial charge is 0.392 e. The highest BCUT2D eigenvalue weighted by atomic mass is 16.3. The minimum atomic E-state index is -0.692. The van der Waals surface area contributed by atoms with E-state index >= 15 is 0 Å². The number of carbonyl (C=O) groups is 2. The van der Waals surface area contributed by atoms with E-state index in [1.165, 1.54) is 0 Å². The molecular formula is C12H21NO3. The smallest absolute Gasteiger partial charge is 0.220 e. The molecule has 0 heterocycles. The van der Waals surface area contributed by atoms with E-state index in [0.29, 0.717) is 6.42 Å². The van der Waals surface area contributed by atoms with Gasteiger partial charge in [0.05, 0.1) is 6.10 Å². The van der Waals surface area contributed by atoms with Crippen molar-refractivity contribution in [2.24, 2.45) is 17.8 Å². The van der Waals surface area contributed by atoms with Gasteiger partial charge in [0.1, 0.15) is 5.78 Å². The van der Waals surface area contributed by atoms with Gasteiger partial charge in [0.2, 0.25) is 5.91 Å². The van der Waals surface area contributed by atoms with Crippen molar-refractivity contribution in [2.45, 2.75) is 39.2 Å². The summed E-state index contributed by atoms with van der Waals surface area (Å²) in [5, 5.41) is 12.6. The number of nitrogens with one attached hydrogen (secondary N) is 1. The van der Waals surface area contributed by atoms with E-state index in [0.717, 1.165) is 6.42 Å². The normalized spacial score (nSPS) is 28.9. The first-order chi connectivity index (χ1) is 7.47. The first kappa shape index (κ1) is 13.2. The number of carbonyl (C=O) groups excluding carboxylic acids is 2. The Morgan fingerprint density at radius 1 is 1.62 bits per heavy atom. The lowest BCUT2D eigenvalue weighted by Crippen LogP contribution is -2.36. The monoisotopic (exact) mass is 227 g/mol. The first-order valence-corrected chi connectivity index (χ1v) is 5.88. The number of amides is 1. The molecule has 1 aliphatic carbocycles. The predicted octanol–water partition coefficient (Wildman–Crippen LogP) is 0.735. The number of ketones is 1. The Bertz CT molecular complexity index is 277. The molecule has 0 bridgehead atoms. The Balaban J connectivity index is 2.58. The van der Waals surface area contributed by atoms with E-state index in [4.69, 9.17) is 0 Å². The molecule has 1 aliphatic rings. The van der Waals surface area contributed by atoms with Crippen molar-refractivity contribution in [1.29, 1.82) is 0 Å². The van der Waals surface area contributed by atoms with Gasteiger partial charge < -0.3 is 10.4 Å². The van der Waals surface area contributed by atoms with Gasteiger partial charge in [-0.25, -0.2) is 0 Å². The maximum atomic E-state index is 11.6. The molecule has 0 aliphatic heterocycles. The van der Waals surface area contributed by atoms with Crippen LogP contribution in [0.5, 0.6) is 0 Å². The van der Waals surface area contributed by atoms with Gasteiger partial charge >= 0.3 is 0 Å². The van der Waals surface area contributed by atoms with Gasteiger partial charge in [-0.3, -0.25) is 9.59 Å². The lowest BCUT2D eigenvalue weighted by molar-refractivity contribution is -0.128. The van der Waals surface area contributed by atoms with Crippen LogP contribution in [-0.2, 0) is 9.59 Å². The zero-order valence-electron chi connectivity index (χ0n) is 10.2. The summed E-state index contributed by atoms with van der Waals surface area (Å²) in [5.74, 6) is -0.169. The topological polar surface area (TPSA) is 66.4 Å². The number of hydrogen-bond donors (Lipinski definition) is 2. The van der Waals surface area contributed by atoms with Crippen molar-refractivity contribution in [3.8, 4) is 0 Å². The highest BCUT2D eigenvalue weighted by Crippen LogP contribution is 2.34. The second-order valence-electron chi connectivity index (χ2n) is 4.85. The van der Waals surface area contributed by atoms with Crippen LogP contribution in [0.25, 0.3) is 0 Å². The molecule has 0 aromatic carbocycles. The van der Waals surface area contributed by atoms with E-state index in [-0.39, 0.29) is 35.9 Å². The third-order valence-corrected chi connectivity index (χ3v) is 3.57. The molecule has 1 amide bonds. The molecule has 0 spiro atoms. The summed E-state index contributed by atoms with van der Waals surface area (Å²) in [7, 11) is 1.57. The zero-order valence-corrected chi connectivity index (χ0v) is 10.2. The van der Waals surface area contributed by atoms with Crippen molar-refractivity contribution in [3.05, 3.63) is 0 Å². The highest BCUT2D eigenvalue weighted by molar-refractivity contribution is 5.84. The SMILES string of the molecule is CNC(=O)C[C@@H](C)C(O)[C@H]1C(=O)CCC1C. The second kappa shape index (κ2) is 5.43. The van der Waals surface area contributed by atoms with Crippen molar-refractivity contribution in [2.75, 3.05) is 7.05 Å². The average Bonchev–Trinajstić information content (AvgIpc) is 2.57. The Hall–Kier alpha value is -0.900. The molecular weight excluding hydrogens is 206 g/mol. The summed E-state index contributed by atoms with van der Waals surface area (Å²) in [6, 6.07) is 0. The minimum Gasteiger partial charge on any atom is -0.392 e. The molecule has 1 saturated carbocycles. The quantitative estimate of drug-likeness (QED) is 0.744. The van der Waals surface area contributed by atoms with Crippen LogP contribution in [0.2, 0.25) is 0 Å². The summed E-state index contributed by atoms with van der Waals surface area (Å²) in [4.78, 5) is 22.8. The Morgan fingerprint density at radius 2 is 2.25 bits per heavy atom. The van der Waals surface area contributed by atoms with E-state index < -0.39 is 6.10 Å². The van der Waals surface area contributed by atoms with Gasteiger partial charge in [-0.05, 0) is 18.3 Å². The summed E-state index contributed by atoms with van der Waals surface area (Å²) >= 11 is 0. The van der Waals surface area contributed by atoms with Crippen LogP contribution in [-0.4, -0.2) is 29.9 Å². The van der Waals surface area contributed by atoms with Gasteiger partial charge in [0.25, 0.3) is 0 Å². The molecule has 4 nitrogen and oxygen atoms in total. The van der Waals surface area contributed by atoms with Crippen LogP contribution < -0.4 is 5.32 Å². The molecule has 2 N–H and O–H groups in total. The van der Waals surface area contributed by atoms with Gasteiger partial charge in [0, 0.05) is 25.8 Å². The first-order valence-electron chi connectivity index (χ1n) is 5.88. The fraction of sp³-hybridized carbons (Fsp3) is 0.833. The van der Waals surface area contributed by atoms with E-state index in [2.05, 4.69) is 5.32 Å². The fourth-order valence-corrected chi connectivity index (χ4v) is 2.43. The van der Waals surface area contributed by atoms with Gasteiger partial charge in [-0.1, -0.05) is 13.8 Å². The van der Waals surface area contributed by atoms with Gasteiger partial charge in [-0.2, -0.15) is 0 Å². The molecule has 1 rings (SSSR count). The van der Waals surface area contributed by atoms with Crippen LogP contribution in [0.3, 0.4) is 0 Å². The van der Waals surface area contributed by atoms with E-state index in [1.54, 1.807) is 7.05 Å². The minimum absolute atomic E-state index is 0.0929. The molecule has 4 atom stereocenters. The van der Waals surface area contributed by atoms with Crippen LogP contribution >= 0.6 is 0 Å². The van der Waals surface area contributed by atoms with Crippen LogP contribution in [0.15, 0.2) is 0 Å². The zero-order chi connectivity index (χ0) is 12.3. The maximum Gasteiger partial charge on any atom is 0.220 e. The molecule has 0 saturated heterocycles. The van der Waals surface area contributed by atoms with E-state index in [9.17, 15) is 14.7 Å². The van der Waals surface area contributed by atoms with Crippen LogP contribution in [0, 0.1) is 17.8 Å².